The summed E-state index contributed by atoms with van der Waals surface area (Å²) in [4.78, 5) is 0. The maximum Gasteiger partial charge on any atom is 0.0526 e. The maximum absolute atomic E-state index is 9.38. The lowest BCUT2D eigenvalue weighted by Crippen LogP contribution is -2.53. The molecule has 0 aliphatic heterocycles. The molecular weight excluding hydrogens is 200 g/mol. The molecule has 0 saturated heterocycles. The van der Waals surface area contributed by atoms with Gasteiger partial charge in [0.25, 0.3) is 0 Å². The van der Waals surface area contributed by atoms with Crippen molar-refractivity contribution in [1.29, 1.82) is 0 Å². The molecule has 1 saturated carbocycles. The fraction of sp³-hybridized carbons (Fsp3) is 1.00. The lowest BCUT2D eigenvalue weighted by molar-refractivity contribution is 0.157. The number of aliphatic hydroxyl groups excluding tert-OH is 1. The Morgan fingerprint density at radius 3 is 2.31 bits per heavy atom. The Balaban J connectivity index is 2.55. The van der Waals surface area contributed by atoms with E-state index in [1.165, 1.54) is 6.42 Å². The van der Waals surface area contributed by atoms with E-state index in [4.69, 9.17) is 5.73 Å². The van der Waals surface area contributed by atoms with E-state index in [0.717, 1.165) is 19.3 Å². The third kappa shape index (κ3) is 3.72. The molecule has 4 N–H and O–H groups in total. The molecule has 0 amide bonds. The molecule has 1 aliphatic carbocycles. The number of nitrogens with one attached hydrogen (secondary N) is 1. The van der Waals surface area contributed by atoms with Crippen LogP contribution in [0.2, 0.25) is 0 Å². The number of aliphatic hydroxyl groups is 1. The highest BCUT2D eigenvalue weighted by Crippen LogP contribution is 2.43. The summed E-state index contributed by atoms with van der Waals surface area (Å²) in [5, 5.41) is 13.0. The van der Waals surface area contributed by atoms with Crippen LogP contribution in [0, 0.1) is 5.41 Å². The molecular formula is C13H28N2O. The Labute approximate surface area is 99.8 Å². The maximum atomic E-state index is 9.38. The Morgan fingerprint density at radius 2 is 1.94 bits per heavy atom. The van der Waals surface area contributed by atoms with Crippen LogP contribution in [0.25, 0.3) is 0 Å². The third-order valence-corrected chi connectivity index (χ3v) is 3.74. The summed E-state index contributed by atoms with van der Waals surface area (Å²) < 4.78 is 0. The summed E-state index contributed by atoms with van der Waals surface area (Å²) in [5.74, 6) is 0. The van der Waals surface area contributed by atoms with Crippen LogP contribution in [-0.4, -0.2) is 29.3 Å². The van der Waals surface area contributed by atoms with Crippen LogP contribution in [0.5, 0.6) is 0 Å². The highest BCUT2D eigenvalue weighted by molar-refractivity contribution is 5.01. The van der Waals surface area contributed by atoms with Crippen LogP contribution >= 0.6 is 0 Å². The Bertz CT molecular complexity index is 228. The second-order valence-electron chi connectivity index (χ2n) is 6.46. The van der Waals surface area contributed by atoms with Crippen molar-refractivity contribution in [3.05, 3.63) is 0 Å². The van der Waals surface area contributed by atoms with Crippen LogP contribution in [0.4, 0.5) is 0 Å². The number of hydrogen-bond acceptors (Lipinski definition) is 3. The van der Waals surface area contributed by atoms with Crippen LogP contribution in [0.1, 0.15) is 53.4 Å². The highest BCUT2D eigenvalue weighted by atomic mass is 16.3. The quantitative estimate of drug-likeness (QED) is 0.670. The smallest absolute Gasteiger partial charge is 0.0526 e. The molecule has 3 heteroatoms. The second kappa shape index (κ2) is 5.03. The number of rotatable bonds is 5. The standard InChI is InChI=1S/C13H28N2O/c1-10(7-11(2)16)15-13(9-14)6-5-12(3,4)8-13/h10-11,15-16H,5-9,14H2,1-4H3. The molecule has 0 heterocycles. The number of nitrogens with two attached hydrogens (primary N) is 1. The van der Waals surface area contributed by atoms with Crippen LogP contribution in [-0.2, 0) is 0 Å². The second-order valence-corrected chi connectivity index (χ2v) is 6.46. The topological polar surface area (TPSA) is 58.3 Å². The fourth-order valence-corrected chi connectivity index (χ4v) is 3.12. The van der Waals surface area contributed by atoms with E-state index in [1.807, 2.05) is 6.92 Å². The van der Waals surface area contributed by atoms with Gasteiger partial charge in [-0.15, -0.1) is 0 Å². The van der Waals surface area contributed by atoms with Gasteiger partial charge in [-0.2, -0.15) is 0 Å². The molecule has 96 valence electrons. The minimum atomic E-state index is -0.244. The van der Waals surface area contributed by atoms with Crippen molar-refractivity contribution in [3.63, 3.8) is 0 Å². The first-order valence-electron chi connectivity index (χ1n) is 6.44. The average Bonchev–Trinajstić information content (AvgIpc) is 2.41. The zero-order chi connectivity index (χ0) is 12.4. The first-order chi connectivity index (χ1) is 7.29. The zero-order valence-electron chi connectivity index (χ0n) is 11.2. The van der Waals surface area contributed by atoms with Gasteiger partial charge in [0.1, 0.15) is 0 Å². The van der Waals surface area contributed by atoms with E-state index in [1.54, 1.807) is 0 Å². The van der Waals surface area contributed by atoms with Gasteiger partial charge in [-0.3, -0.25) is 0 Å². The average molecular weight is 228 g/mol. The molecule has 1 fully saturated rings. The summed E-state index contributed by atoms with van der Waals surface area (Å²) in [5.41, 5.74) is 6.44. The molecule has 0 aromatic heterocycles. The minimum absolute atomic E-state index is 0.0950. The molecule has 3 atom stereocenters. The lowest BCUT2D eigenvalue weighted by Gasteiger charge is -2.34. The molecule has 16 heavy (non-hydrogen) atoms. The summed E-state index contributed by atoms with van der Waals surface area (Å²) in [6.45, 7) is 9.29. The van der Waals surface area contributed by atoms with Crippen molar-refractivity contribution in [2.75, 3.05) is 6.54 Å². The van der Waals surface area contributed by atoms with Crippen LogP contribution in [0.15, 0.2) is 0 Å². The predicted octanol–water partition coefficient (Wildman–Crippen LogP) is 1.64. The normalized spacial score (nSPS) is 32.6. The van der Waals surface area contributed by atoms with Gasteiger partial charge in [0, 0.05) is 18.1 Å². The molecule has 0 bridgehead atoms. The Hall–Kier alpha value is -0.120. The van der Waals surface area contributed by atoms with Gasteiger partial charge in [0.05, 0.1) is 6.10 Å². The van der Waals surface area contributed by atoms with Crippen molar-refractivity contribution in [3.8, 4) is 0 Å². The van der Waals surface area contributed by atoms with E-state index in [0.29, 0.717) is 18.0 Å². The molecule has 0 spiro atoms. The summed E-state index contributed by atoms with van der Waals surface area (Å²) in [6, 6.07) is 0.331. The van der Waals surface area contributed by atoms with E-state index < -0.39 is 0 Å². The molecule has 3 unspecified atom stereocenters. The SMILES string of the molecule is CC(O)CC(C)NC1(CN)CCC(C)(C)C1. The predicted molar refractivity (Wildman–Crippen MR) is 68.3 cm³/mol. The summed E-state index contributed by atoms with van der Waals surface area (Å²) >= 11 is 0. The highest BCUT2D eigenvalue weighted by Gasteiger charge is 2.42. The van der Waals surface area contributed by atoms with Gasteiger partial charge in [-0.1, -0.05) is 13.8 Å². The van der Waals surface area contributed by atoms with Gasteiger partial charge in [-0.25, -0.2) is 0 Å². The van der Waals surface area contributed by atoms with Crippen molar-refractivity contribution >= 4 is 0 Å². The van der Waals surface area contributed by atoms with E-state index in [2.05, 4.69) is 26.1 Å². The van der Waals surface area contributed by atoms with Crippen molar-refractivity contribution < 1.29 is 5.11 Å². The molecule has 0 radical (unpaired) electrons. The molecule has 1 rings (SSSR count). The number of hydrogen-bond donors (Lipinski definition) is 3. The summed E-state index contributed by atoms with van der Waals surface area (Å²) in [7, 11) is 0. The van der Waals surface area contributed by atoms with E-state index in [9.17, 15) is 5.11 Å². The zero-order valence-corrected chi connectivity index (χ0v) is 11.2. The molecule has 0 aromatic rings. The van der Waals surface area contributed by atoms with Crippen molar-refractivity contribution in [2.45, 2.75) is 71.1 Å². The van der Waals surface area contributed by atoms with Crippen molar-refractivity contribution in [1.82, 2.24) is 5.32 Å². The van der Waals surface area contributed by atoms with Gasteiger partial charge in [0.2, 0.25) is 0 Å². The Morgan fingerprint density at radius 1 is 1.31 bits per heavy atom. The molecule has 1 aliphatic rings. The van der Waals surface area contributed by atoms with Gasteiger partial charge in [-0.05, 0) is 44.9 Å². The Kier molecular flexibility index (Phi) is 4.38. The molecule has 3 nitrogen and oxygen atoms in total. The van der Waals surface area contributed by atoms with Gasteiger partial charge >= 0.3 is 0 Å². The van der Waals surface area contributed by atoms with Gasteiger partial charge < -0.3 is 16.2 Å². The van der Waals surface area contributed by atoms with E-state index >= 15 is 0 Å². The van der Waals surface area contributed by atoms with Crippen LogP contribution in [0.3, 0.4) is 0 Å². The van der Waals surface area contributed by atoms with E-state index in [-0.39, 0.29) is 11.6 Å². The first-order valence-corrected chi connectivity index (χ1v) is 6.44. The lowest BCUT2D eigenvalue weighted by atomic mass is 9.87. The van der Waals surface area contributed by atoms with Crippen molar-refractivity contribution in [2.24, 2.45) is 11.1 Å². The monoisotopic (exact) mass is 228 g/mol. The summed E-state index contributed by atoms with van der Waals surface area (Å²) in [6.07, 6.45) is 4.08. The minimum Gasteiger partial charge on any atom is -0.393 e. The van der Waals surface area contributed by atoms with Gasteiger partial charge in [0.15, 0.2) is 0 Å². The fourth-order valence-electron chi connectivity index (χ4n) is 3.12. The van der Waals surface area contributed by atoms with Crippen LogP contribution < -0.4 is 11.1 Å². The largest absolute Gasteiger partial charge is 0.393 e. The third-order valence-electron chi connectivity index (χ3n) is 3.74. The molecule has 0 aromatic carbocycles. The first kappa shape index (κ1) is 13.9.